The van der Waals surface area contributed by atoms with E-state index in [1.165, 1.54) is 32.1 Å². The number of epoxide rings is 1. The van der Waals surface area contributed by atoms with Crippen LogP contribution in [0.25, 0.3) is 0 Å². The summed E-state index contributed by atoms with van der Waals surface area (Å²) in [4.78, 5) is 37.5. The van der Waals surface area contributed by atoms with Crippen LogP contribution in [-0.2, 0) is 37.4 Å². The van der Waals surface area contributed by atoms with Crippen LogP contribution in [0.2, 0.25) is 0 Å². The highest BCUT2D eigenvalue weighted by molar-refractivity contribution is 7.45. The zero-order valence-electron chi connectivity index (χ0n) is 36.2. The first kappa shape index (κ1) is 52.4. The van der Waals surface area contributed by atoms with E-state index >= 15 is 0 Å². The quantitative estimate of drug-likeness (QED) is 0.0150. The number of rotatable bonds is 37. The summed E-state index contributed by atoms with van der Waals surface area (Å²) in [6, 6.07) is 0. The van der Waals surface area contributed by atoms with Crippen LogP contribution < -0.4 is 4.89 Å². The van der Waals surface area contributed by atoms with Crippen molar-refractivity contribution in [1.29, 1.82) is 0 Å². The van der Waals surface area contributed by atoms with Gasteiger partial charge in [-0.15, -0.1) is 0 Å². The maximum absolute atomic E-state index is 12.6. The molecule has 1 heterocycles. The second kappa shape index (κ2) is 34.3. The number of unbranched alkanes of at least 4 members (excludes halogenated alkanes) is 9. The third-order valence-corrected chi connectivity index (χ3v) is 10.1. The Kier molecular flexibility index (Phi) is 31.5. The highest BCUT2D eigenvalue weighted by Crippen LogP contribution is 2.38. The zero-order valence-corrected chi connectivity index (χ0v) is 37.1. The fourth-order valence-corrected chi connectivity index (χ4v) is 6.33. The van der Waals surface area contributed by atoms with Crippen molar-refractivity contribution in [3.05, 3.63) is 72.9 Å². The number of carbonyl (C=O) groups excluding carboxylic acids is 2. The van der Waals surface area contributed by atoms with Gasteiger partial charge in [0.15, 0.2) is 6.10 Å². The molecule has 0 aromatic heterocycles. The minimum absolute atomic E-state index is 0.0512. The number of ether oxygens (including phenoxy) is 3. The number of likely N-dealkylation sites (N-methyl/N-ethyl adjacent to an activating group) is 1. The van der Waals surface area contributed by atoms with E-state index in [1.807, 2.05) is 33.3 Å². The monoisotopic (exact) mass is 820 g/mol. The maximum atomic E-state index is 12.6. The number of hydrogen-bond donors (Lipinski definition) is 0. The van der Waals surface area contributed by atoms with E-state index in [-0.39, 0.29) is 26.1 Å². The molecule has 0 bridgehead atoms. The Morgan fingerprint density at radius 2 is 1.19 bits per heavy atom. The fourth-order valence-electron chi connectivity index (χ4n) is 5.60. The molecule has 1 rings (SSSR count). The summed E-state index contributed by atoms with van der Waals surface area (Å²) in [5.41, 5.74) is 0. The van der Waals surface area contributed by atoms with Crippen molar-refractivity contribution in [2.75, 3.05) is 47.5 Å². The van der Waals surface area contributed by atoms with E-state index in [1.54, 1.807) is 0 Å². The molecule has 0 spiro atoms. The molecular weight excluding hydrogens is 741 g/mol. The lowest BCUT2D eigenvalue weighted by Gasteiger charge is -2.28. The summed E-state index contributed by atoms with van der Waals surface area (Å²) in [5, 5.41) is 0. The molecular formula is C46H78NO9P. The van der Waals surface area contributed by atoms with Gasteiger partial charge in [0.25, 0.3) is 7.82 Å². The van der Waals surface area contributed by atoms with Crippen LogP contribution in [0.1, 0.15) is 142 Å². The van der Waals surface area contributed by atoms with E-state index in [0.29, 0.717) is 36.1 Å². The third-order valence-electron chi connectivity index (χ3n) is 9.13. The molecule has 57 heavy (non-hydrogen) atoms. The molecule has 0 amide bonds. The summed E-state index contributed by atoms with van der Waals surface area (Å²) in [7, 11) is 1.10. The molecule has 1 saturated heterocycles. The van der Waals surface area contributed by atoms with E-state index < -0.39 is 32.5 Å². The Morgan fingerprint density at radius 1 is 0.649 bits per heavy atom. The van der Waals surface area contributed by atoms with Crippen molar-refractivity contribution in [3.63, 3.8) is 0 Å². The average molecular weight is 820 g/mol. The molecule has 11 heteroatoms. The number of allylic oxidation sites excluding steroid dienone is 10. The smallest absolute Gasteiger partial charge is 0.306 e. The minimum atomic E-state index is -4.65. The van der Waals surface area contributed by atoms with Crippen LogP contribution in [0.4, 0.5) is 0 Å². The second-order valence-corrected chi connectivity index (χ2v) is 17.1. The van der Waals surface area contributed by atoms with Gasteiger partial charge >= 0.3 is 11.9 Å². The lowest BCUT2D eigenvalue weighted by molar-refractivity contribution is -0.870. The van der Waals surface area contributed by atoms with E-state index in [9.17, 15) is 19.0 Å². The summed E-state index contributed by atoms with van der Waals surface area (Å²) < 4.78 is 39.4. The van der Waals surface area contributed by atoms with Gasteiger partial charge in [-0.05, 0) is 77.0 Å². The number of hydrogen-bond acceptors (Lipinski definition) is 9. The Bertz CT molecular complexity index is 1270. The van der Waals surface area contributed by atoms with Crippen molar-refractivity contribution < 1.29 is 46.8 Å². The molecule has 326 valence electrons. The topological polar surface area (TPSA) is 124 Å². The number of esters is 2. The van der Waals surface area contributed by atoms with Gasteiger partial charge in [-0.3, -0.25) is 14.2 Å². The Labute approximate surface area is 346 Å². The van der Waals surface area contributed by atoms with Gasteiger partial charge < -0.3 is 32.6 Å². The maximum Gasteiger partial charge on any atom is 0.306 e. The van der Waals surface area contributed by atoms with Gasteiger partial charge in [0, 0.05) is 12.8 Å². The molecule has 1 aliphatic rings. The van der Waals surface area contributed by atoms with Crippen LogP contribution in [0.3, 0.4) is 0 Å². The molecule has 1 fully saturated rings. The summed E-state index contributed by atoms with van der Waals surface area (Å²) in [6.07, 6.45) is 44.1. The second-order valence-electron chi connectivity index (χ2n) is 15.7. The molecule has 3 unspecified atom stereocenters. The van der Waals surface area contributed by atoms with Crippen molar-refractivity contribution in [2.45, 2.75) is 161 Å². The number of quaternary nitrogens is 1. The third kappa shape index (κ3) is 35.1. The first-order valence-corrected chi connectivity index (χ1v) is 23.2. The van der Waals surface area contributed by atoms with Crippen molar-refractivity contribution in [1.82, 2.24) is 0 Å². The molecule has 4 atom stereocenters. The standard InChI is InChI=1S/C46H78NO9P/c1-6-8-10-11-12-13-14-15-19-22-25-28-32-36-45(48)52-40-42(41-54-57(50,51)53-39-38-47(3,4)5)55-46(49)37-33-29-26-23-20-17-16-18-21-24-27-31-35-44-43(56-44)34-30-9-7-2/h9,13-14,17-18,20-21,26-27,29-31,42-44H,6-8,10-12,15-16,19,22-25,28,32-41H2,1-5H3/b14-13-,20-17-,21-18-,29-26-,30-9-,31-27-/t42-,43?,44?/m1/s1. The number of nitrogens with zero attached hydrogens (tertiary/aromatic N) is 1. The van der Waals surface area contributed by atoms with Crippen LogP contribution in [-0.4, -0.2) is 82.2 Å². The van der Waals surface area contributed by atoms with Gasteiger partial charge in [-0.2, -0.15) is 0 Å². The highest BCUT2D eigenvalue weighted by atomic mass is 31.2. The first-order chi connectivity index (χ1) is 27.5. The molecule has 0 N–H and O–H groups in total. The van der Waals surface area contributed by atoms with Crippen LogP contribution in [0.15, 0.2) is 72.9 Å². The molecule has 1 aliphatic heterocycles. The molecule has 0 saturated carbocycles. The van der Waals surface area contributed by atoms with Gasteiger partial charge in [0.05, 0.1) is 40.0 Å². The van der Waals surface area contributed by atoms with Crippen LogP contribution in [0.5, 0.6) is 0 Å². The number of carbonyl (C=O) groups is 2. The lowest BCUT2D eigenvalue weighted by atomic mass is 10.1. The predicted octanol–water partition coefficient (Wildman–Crippen LogP) is 10.6. The van der Waals surface area contributed by atoms with Crippen molar-refractivity contribution >= 4 is 19.8 Å². The molecule has 0 aromatic rings. The zero-order chi connectivity index (χ0) is 41.9. The summed E-state index contributed by atoms with van der Waals surface area (Å²) in [6.45, 7) is 3.97. The molecule has 0 aliphatic carbocycles. The van der Waals surface area contributed by atoms with Crippen LogP contribution >= 0.6 is 7.82 Å². The molecule has 0 radical (unpaired) electrons. The van der Waals surface area contributed by atoms with Gasteiger partial charge in [-0.1, -0.05) is 125 Å². The summed E-state index contributed by atoms with van der Waals surface area (Å²) >= 11 is 0. The number of phosphoric ester groups is 1. The highest BCUT2D eigenvalue weighted by Gasteiger charge is 2.36. The van der Waals surface area contributed by atoms with Gasteiger partial charge in [-0.25, -0.2) is 0 Å². The van der Waals surface area contributed by atoms with Crippen molar-refractivity contribution in [2.24, 2.45) is 0 Å². The predicted molar refractivity (Wildman–Crippen MR) is 230 cm³/mol. The minimum Gasteiger partial charge on any atom is -0.756 e. The fraction of sp³-hybridized carbons (Fsp3) is 0.696. The van der Waals surface area contributed by atoms with Crippen molar-refractivity contribution in [3.8, 4) is 0 Å². The summed E-state index contributed by atoms with van der Waals surface area (Å²) in [5.74, 6) is -0.954. The lowest BCUT2D eigenvalue weighted by Crippen LogP contribution is -2.37. The van der Waals surface area contributed by atoms with Gasteiger partial charge in [0.2, 0.25) is 0 Å². The average Bonchev–Trinajstić information content (AvgIpc) is 3.91. The molecule has 10 nitrogen and oxygen atoms in total. The number of phosphoric acid groups is 1. The Balaban J connectivity index is 2.35. The Hall–Kier alpha value is -2.59. The Morgan fingerprint density at radius 3 is 1.81 bits per heavy atom. The molecule has 0 aromatic carbocycles. The largest absolute Gasteiger partial charge is 0.756 e. The van der Waals surface area contributed by atoms with E-state index in [4.69, 9.17) is 23.3 Å². The van der Waals surface area contributed by atoms with E-state index in [2.05, 4.69) is 74.6 Å². The normalized spacial score (nSPS) is 17.9. The van der Waals surface area contributed by atoms with Crippen LogP contribution in [0, 0.1) is 0 Å². The SMILES string of the molecule is CC/C=C\CC1OC1C/C=C\C/C=C\C/C=C\C/C=C\CCC(=O)O[C@H](COC(=O)CCCCCCC/C=C\CCCCCC)COP(=O)([O-])OCC[N+](C)(C)C. The van der Waals surface area contributed by atoms with E-state index in [0.717, 1.165) is 70.6 Å². The van der Waals surface area contributed by atoms with Gasteiger partial charge in [0.1, 0.15) is 19.8 Å². The first-order valence-electron chi connectivity index (χ1n) is 21.8.